The van der Waals surface area contributed by atoms with Gasteiger partial charge < -0.3 is 9.88 Å². The molecule has 0 spiro atoms. The van der Waals surface area contributed by atoms with Crippen molar-refractivity contribution in [3.05, 3.63) is 12.4 Å². The summed E-state index contributed by atoms with van der Waals surface area (Å²) in [4.78, 5) is 4.41. The van der Waals surface area contributed by atoms with Gasteiger partial charge in [0, 0.05) is 25.0 Å². The lowest BCUT2D eigenvalue weighted by Gasteiger charge is -2.24. The molecule has 90 valence electrons. The molecule has 0 atom stereocenters. The highest BCUT2D eigenvalue weighted by atomic mass is 32.2. The maximum absolute atomic E-state index is 4.41. The summed E-state index contributed by atoms with van der Waals surface area (Å²) >= 11 is 2.07. The zero-order valence-corrected chi connectivity index (χ0v) is 10.8. The van der Waals surface area contributed by atoms with E-state index in [1.54, 1.807) is 0 Å². The molecule has 1 aliphatic heterocycles. The average Bonchev–Trinajstić information content (AvgIpc) is 2.79. The van der Waals surface area contributed by atoms with Crippen LogP contribution in [0.15, 0.2) is 12.4 Å². The molecule has 16 heavy (non-hydrogen) atoms. The fraction of sp³-hybridized carbons (Fsp3) is 0.750. The molecule has 0 aliphatic carbocycles. The smallest absolute Gasteiger partial charge is 0.203 e. The largest absolute Gasteiger partial charge is 0.356 e. The molecular weight excluding hydrogens is 218 g/mol. The number of nitrogens with one attached hydrogen (secondary N) is 1. The van der Waals surface area contributed by atoms with Gasteiger partial charge in [0.15, 0.2) is 0 Å². The summed E-state index contributed by atoms with van der Waals surface area (Å²) in [6, 6.07) is 0.660. The number of thioether (sulfide) groups is 1. The van der Waals surface area contributed by atoms with Crippen LogP contribution in [0.3, 0.4) is 0 Å². The van der Waals surface area contributed by atoms with Crippen molar-refractivity contribution in [1.82, 2.24) is 9.55 Å². The summed E-state index contributed by atoms with van der Waals surface area (Å²) in [7, 11) is 0. The van der Waals surface area contributed by atoms with Crippen molar-refractivity contribution >= 4 is 17.7 Å². The molecule has 1 aromatic rings. The quantitative estimate of drug-likeness (QED) is 0.800. The normalized spacial score (nSPS) is 17.6. The second-order valence-electron chi connectivity index (χ2n) is 4.28. The minimum atomic E-state index is 0.660. The molecule has 1 fully saturated rings. The van der Waals surface area contributed by atoms with Gasteiger partial charge in [-0.05, 0) is 30.8 Å². The van der Waals surface area contributed by atoms with Gasteiger partial charge in [0.2, 0.25) is 5.95 Å². The molecule has 0 saturated carbocycles. The summed E-state index contributed by atoms with van der Waals surface area (Å²) in [6.45, 7) is 3.25. The molecule has 0 unspecified atom stereocenters. The fourth-order valence-corrected chi connectivity index (χ4v) is 3.17. The SMILES string of the molecule is CCCCNc1nccn1C1CCSCC1. The summed E-state index contributed by atoms with van der Waals surface area (Å²) in [5.41, 5.74) is 0. The Morgan fingerprint density at radius 3 is 3.06 bits per heavy atom. The van der Waals surface area contributed by atoms with E-state index in [0.717, 1.165) is 12.5 Å². The number of aromatic nitrogens is 2. The van der Waals surface area contributed by atoms with Crippen molar-refractivity contribution < 1.29 is 0 Å². The van der Waals surface area contributed by atoms with Gasteiger partial charge in [-0.25, -0.2) is 4.98 Å². The monoisotopic (exact) mass is 239 g/mol. The highest BCUT2D eigenvalue weighted by Crippen LogP contribution is 2.28. The molecule has 1 N–H and O–H groups in total. The Morgan fingerprint density at radius 1 is 1.50 bits per heavy atom. The Kier molecular flexibility index (Phi) is 4.57. The number of imidazole rings is 1. The van der Waals surface area contributed by atoms with Crippen molar-refractivity contribution in [1.29, 1.82) is 0 Å². The zero-order valence-electron chi connectivity index (χ0n) is 9.98. The van der Waals surface area contributed by atoms with Gasteiger partial charge in [-0.2, -0.15) is 11.8 Å². The lowest BCUT2D eigenvalue weighted by Crippen LogP contribution is -2.17. The minimum Gasteiger partial charge on any atom is -0.356 e. The molecule has 0 radical (unpaired) electrons. The first-order valence-corrected chi connectivity index (χ1v) is 7.41. The first kappa shape index (κ1) is 11.8. The van der Waals surface area contributed by atoms with Crippen LogP contribution in [0.4, 0.5) is 5.95 Å². The molecule has 0 aromatic carbocycles. The van der Waals surface area contributed by atoms with Gasteiger partial charge in [0.1, 0.15) is 0 Å². The highest BCUT2D eigenvalue weighted by Gasteiger charge is 2.17. The van der Waals surface area contributed by atoms with E-state index in [0.29, 0.717) is 6.04 Å². The van der Waals surface area contributed by atoms with Crippen molar-refractivity contribution in [3.63, 3.8) is 0 Å². The van der Waals surface area contributed by atoms with Crippen LogP contribution in [-0.2, 0) is 0 Å². The predicted molar refractivity (Wildman–Crippen MR) is 71.2 cm³/mol. The summed E-state index contributed by atoms with van der Waals surface area (Å²) in [5.74, 6) is 3.64. The molecule has 1 aliphatic rings. The predicted octanol–water partition coefficient (Wildman–Crippen LogP) is 3.16. The molecule has 2 heterocycles. The number of nitrogens with zero attached hydrogens (tertiary/aromatic N) is 2. The maximum Gasteiger partial charge on any atom is 0.203 e. The summed E-state index contributed by atoms with van der Waals surface area (Å²) in [5, 5.41) is 3.44. The molecule has 4 heteroatoms. The molecule has 1 aromatic heterocycles. The topological polar surface area (TPSA) is 29.9 Å². The third kappa shape index (κ3) is 2.94. The van der Waals surface area contributed by atoms with E-state index in [9.17, 15) is 0 Å². The van der Waals surface area contributed by atoms with Crippen molar-refractivity contribution in [2.75, 3.05) is 23.4 Å². The second-order valence-corrected chi connectivity index (χ2v) is 5.51. The van der Waals surface area contributed by atoms with E-state index in [2.05, 4.69) is 39.8 Å². The van der Waals surface area contributed by atoms with Crippen molar-refractivity contribution in [2.45, 2.75) is 38.6 Å². The number of unbranched alkanes of at least 4 members (excludes halogenated alkanes) is 1. The Labute approximate surface area is 102 Å². The van der Waals surface area contributed by atoms with Crippen LogP contribution in [0.2, 0.25) is 0 Å². The Bertz CT molecular complexity index is 305. The fourth-order valence-electron chi connectivity index (χ4n) is 2.08. The van der Waals surface area contributed by atoms with E-state index < -0.39 is 0 Å². The Hall–Kier alpha value is -0.640. The number of hydrogen-bond donors (Lipinski definition) is 1. The van der Waals surface area contributed by atoms with Gasteiger partial charge in [-0.15, -0.1) is 0 Å². The van der Waals surface area contributed by atoms with Gasteiger partial charge >= 0.3 is 0 Å². The highest BCUT2D eigenvalue weighted by molar-refractivity contribution is 7.99. The number of rotatable bonds is 5. The number of hydrogen-bond acceptors (Lipinski definition) is 3. The lowest BCUT2D eigenvalue weighted by atomic mass is 10.1. The molecule has 0 amide bonds. The van der Waals surface area contributed by atoms with Crippen LogP contribution in [0.1, 0.15) is 38.6 Å². The van der Waals surface area contributed by atoms with Gasteiger partial charge in [-0.3, -0.25) is 0 Å². The first-order valence-electron chi connectivity index (χ1n) is 6.26. The second kappa shape index (κ2) is 6.18. The standard InChI is InChI=1S/C12H21N3S/c1-2-3-6-13-12-14-7-8-15(12)11-4-9-16-10-5-11/h7-8,11H,2-6,9-10H2,1H3,(H,13,14). The van der Waals surface area contributed by atoms with Gasteiger partial charge in [-0.1, -0.05) is 13.3 Å². The van der Waals surface area contributed by atoms with Crippen LogP contribution < -0.4 is 5.32 Å². The third-order valence-corrected chi connectivity index (χ3v) is 4.12. The third-order valence-electron chi connectivity index (χ3n) is 3.07. The van der Waals surface area contributed by atoms with Crippen molar-refractivity contribution in [2.24, 2.45) is 0 Å². The van der Waals surface area contributed by atoms with E-state index in [1.807, 2.05) is 6.20 Å². The molecule has 0 bridgehead atoms. The van der Waals surface area contributed by atoms with E-state index >= 15 is 0 Å². The van der Waals surface area contributed by atoms with Crippen LogP contribution >= 0.6 is 11.8 Å². The van der Waals surface area contributed by atoms with E-state index in [-0.39, 0.29) is 0 Å². The van der Waals surface area contributed by atoms with Crippen LogP contribution in [-0.4, -0.2) is 27.6 Å². The molecule has 3 nitrogen and oxygen atoms in total. The van der Waals surface area contributed by atoms with Crippen LogP contribution in [0, 0.1) is 0 Å². The van der Waals surface area contributed by atoms with Gasteiger partial charge in [0.05, 0.1) is 0 Å². The Balaban J connectivity index is 1.94. The minimum absolute atomic E-state index is 0.660. The van der Waals surface area contributed by atoms with Crippen LogP contribution in [0.5, 0.6) is 0 Å². The first-order chi connectivity index (χ1) is 7.92. The molecule has 2 rings (SSSR count). The van der Waals surface area contributed by atoms with Gasteiger partial charge in [0.25, 0.3) is 0 Å². The number of anilines is 1. The lowest BCUT2D eigenvalue weighted by molar-refractivity contribution is 0.473. The van der Waals surface area contributed by atoms with E-state index in [4.69, 9.17) is 0 Å². The molecule has 1 saturated heterocycles. The summed E-state index contributed by atoms with van der Waals surface area (Å²) < 4.78 is 2.33. The maximum atomic E-state index is 4.41. The zero-order chi connectivity index (χ0) is 11.2. The van der Waals surface area contributed by atoms with Crippen molar-refractivity contribution in [3.8, 4) is 0 Å². The van der Waals surface area contributed by atoms with E-state index in [1.165, 1.54) is 37.2 Å². The average molecular weight is 239 g/mol. The van der Waals surface area contributed by atoms with Crippen LogP contribution in [0.25, 0.3) is 0 Å². The summed E-state index contributed by atoms with van der Waals surface area (Å²) in [6.07, 6.45) is 9.04. The Morgan fingerprint density at radius 2 is 2.31 bits per heavy atom. The molecular formula is C12H21N3S.